The molecule has 0 aliphatic carbocycles. The highest BCUT2D eigenvalue weighted by molar-refractivity contribution is 5.61. The molecule has 1 aliphatic rings. The number of aryl methyl sites for hydroxylation is 1. The molecule has 0 radical (unpaired) electrons. The number of anilines is 1. The zero-order chi connectivity index (χ0) is 11.5. The molecule has 0 bridgehead atoms. The number of benzene rings is 1. The summed E-state index contributed by atoms with van der Waals surface area (Å²) in [5.74, 6) is 0.798. The van der Waals surface area contributed by atoms with E-state index in [0.29, 0.717) is 0 Å². The Morgan fingerprint density at radius 1 is 1.50 bits per heavy atom. The fourth-order valence-corrected chi connectivity index (χ4v) is 2.38. The Balaban J connectivity index is 2.27. The van der Waals surface area contributed by atoms with Crippen LogP contribution in [0.1, 0.15) is 30.9 Å². The second-order valence-corrected chi connectivity index (χ2v) is 4.64. The van der Waals surface area contributed by atoms with Gasteiger partial charge >= 0.3 is 0 Å². The summed E-state index contributed by atoms with van der Waals surface area (Å²) in [4.78, 5) is 2.36. The first-order valence-corrected chi connectivity index (χ1v) is 6.00. The Hall–Kier alpha value is -1.49. The van der Waals surface area contributed by atoms with E-state index in [2.05, 4.69) is 30.9 Å². The van der Waals surface area contributed by atoms with Gasteiger partial charge in [-0.25, -0.2) is 0 Å². The summed E-state index contributed by atoms with van der Waals surface area (Å²) >= 11 is 0. The third-order valence-corrected chi connectivity index (χ3v) is 3.48. The molecular weight excluding hydrogens is 196 g/mol. The van der Waals surface area contributed by atoms with Gasteiger partial charge in [-0.2, -0.15) is 5.26 Å². The van der Waals surface area contributed by atoms with E-state index in [1.807, 2.05) is 12.1 Å². The van der Waals surface area contributed by atoms with Crippen LogP contribution in [0.5, 0.6) is 0 Å². The smallest absolute Gasteiger partial charge is 0.101 e. The largest absolute Gasteiger partial charge is 0.370 e. The molecule has 1 saturated heterocycles. The quantitative estimate of drug-likeness (QED) is 0.756. The van der Waals surface area contributed by atoms with Crippen molar-refractivity contribution >= 4 is 5.69 Å². The summed E-state index contributed by atoms with van der Waals surface area (Å²) in [7, 11) is 0. The van der Waals surface area contributed by atoms with E-state index in [1.165, 1.54) is 18.4 Å². The predicted molar refractivity (Wildman–Crippen MR) is 66.5 cm³/mol. The van der Waals surface area contributed by atoms with E-state index in [4.69, 9.17) is 5.26 Å². The van der Waals surface area contributed by atoms with Crippen molar-refractivity contribution < 1.29 is 0 Å². The van der Waals surface area contributed by atoms with E-state index in [-0.39, 0.29) is 0 Å². The van der Waals surface area contributed by atoms with E-state index in [9.17, 15) is 0 Å². The maximum Gasteiger partial charge on any atom is 0.101 e. The Morgan fingerprint density at radius 2 is 2.31 bits per heavy atom. The summed E-state index contributed by atoms with van der Waals surface area (Å²) in [6, 6.07) is 8.37. The molecule has 0 amide bonds. The molecule has 1 aromatic carbocycles. The fraction of sp³-hybridized carbons (Fsp3) is 0.500. The molecule has 0 spiro atoms. The zero-order valence-electron chi connectivity index (χ0n) is 10.0. The molecular formula is C14H18N2. The number of hydrogen-bond acceptors (Lipinski definition) is 2. The summed E-state index contributed by atoms with van der Waals surface area (Å²) in [6.45, 7) is 6.53. The first-order chi connectivity index (χ1) is 7.74. The number of nitriles is 1. The van der Waals surface area contributed by atoms with Gasteiger partial charge in [0.05, 0.1) is 11.3 Å². The monoisotopic (exact) mass is 214 g/mol. The fourth-order valence-electron chi connectivity index (χ4n) is 2.38. The zero-order valence-corrected chi connectivity index (χ0v) is 10.0. The van der Waals surface area contributed by atoms with Crippen LogP contribution in [0.15, 0.2) is 18.2 Å². The number of nitrogens with zero attached hydrogens (tertiary/aromatic N) is 2. The van der Waals surface area contributed by atoms with Gasteiger partial charge in [0.15, 0.2) is 0 Å². The molecule has 16 heavy (non-hydrogen) atoms. The van der Waals surface area contributed by atoms with Crippen molar-refractivity contribution in [2.45, 2.75) is 26.7 Å². The van der Waals surface area contributed by atoms with E-state index >= 15 is 0 Å². The second kappa shape index (κ2) is 4.57. The highest BCUT2D eigenvalue weighted by atomic mass is 15.2. The normalized spacial score (nSPS) is 19.8. The van der Waals surface area contributed by atoms with Crippen molar-refractivity contribution in [1.29, 1.82) is 5.26 Å². The van der Waals surface area contributed by atoms with Crippen molar-refractivity contribution in [2.75, 3.05) is 18.0 Å². The lowest BCUT2D eigenvalue weighted by atomic mass is 10.1. The average Bonchev–Trinajstić information content (AvgIpc) is 2.77. The van der Waals surface area contributed by atoms with Gasteiger partial charge in [0, 0.05) is 13.1 Å². The van der Waals surface area contributed by atoms with Crippen LogP contribution < -0.4 is 4.90 Å². The van der Waals surface area contributed by atoms with Crippen molar-refractivity contribution in [1.82, 2.24) is 0 Å². The molecule has 84 valence electrons. The van der Waals surface area contributed by atoms with Gasteiger partial charge in [-0.1, -0.05) is 19.4 Å². The van der Waals surface area contributed by atoms with Gasteiger partial charge in [0.25, 0.3) is 0 Å². The van der Waals surface area contributed by atoms with Crippen LogP contribution in [0.3, 0.4) is 0 Å². The van der Waals surface area contributed by atoms with Crippen molar-refractivity contribution in [3.63, 3.8) is 0 Å². The highest BCUT2D eigenvalue weighted by Gasteiger charge is 2.22. The SMILES string of the molecule is CCC1CCN(c2cc(C)ccc2C#N)C1. The molecule has 1 fully saturated rings. The molecule has 1 heterocycles. The summed E-state index contributed by atoms with van der Waals surface area (Å²) < 4.78 is 0. The average molecular weight is 214 g/mol. The molecule has 0 saturated carbocycles. The minimum Gasteiger partial charge on any atom is -0.370 e. The highest BCUT2D eigenvalue weighted by Crippen LogP contribution is 2.28. The van der Waals surface area contributed by atoms with E-state index in [0.717, 1.165) is 30.3 Å². The van der Waals surface area contributed by atoms with Crippen LogP contribution in [0.25, 0.3) is 0 Å². The maximum atomic E-state index is 9.12. The Bertz CT molecular complexity index is 417. The number of rotatable bonds is 2. The van der Waals surface area contributed by atoms with E-state index < -0.39 is 0 Å². The van der Waals surface area contributed by atoms with Gasteiger partial charge in [0.1, 0.15) is 6.07 Å². The van der Waals surface area contributed by atoms with Gasteiger partial charge in [-0.15, -0.1) is 0 Å². The molecule has 2 rings (SSSR count). The molecule has 1 atom stereocenters. The standard InChI is InChI=1S/C14H18N2/c1-3-12-6-7-16(10-12)14-8-11(2)4-5-13(14)9-15/h4-5,8,12H,3,6-7,10H2,1-2H3. The number of hydrogen-bond donors (Lipinski definition) is 0. The van der Waals surface area contributed by atoms with Crippen LogP contribution in [0.2, 0.25) is 0 Å². The van der Waals surface area contributed by atoms with Gasteiger partial charge < -0.3 is 4.90 Å². The van der Waals surface area contributed by atoms with Crippen molar-refractivity contribution in [2.24, 2.45) is 5.92 Å². The van der Waals surface area contributed by atoms with E-state index in [1.54, 1.807) is 0 Å². The van der Waals surface area contributed by atoms with Crippen LogP contribution in [-0.2, 0) is 0 Å². The van der Waals surface area contributed by atoms with Gasteiger partial charge in [0.2, 0.25) is 0 Å². The minimum atomic E-state index is 0.798. The Kier molecular flexibility index (Phi) is 3.14. The molecule has 0 aromatic heterocycles. The van der Waals surface area contributed by atoms with Gasteiger partial charge in [-0.05, 0) is 37.0 Å². The van der Waals surface area contributed by atoms with Crippen LogP contribution in [-0.4, -0.2) is 13.1 Å². The topological polar surface area (TPSA) is 27.0 Å². The van der Waals surface area contributed by atoms with Crippen LogP contribution in [0.4, 0.5) is 5.69 Å². The second-order valence-electron chi connectivity index (χ2n) is 4.64. The lowest BCUT2D eigenvalue weighted by molar-refractivity contribution is 0.569. The Labute approximate surface area is 97.5 Å². The first kappa shape index (κ1) is 11.0. The third kappa shape index (κ3) is 2.04. The lowest BCUT2D eigenvalue weighted by Crippen LogP contribution is -2.20. The van der Waals surface area contributed by atoms with Gasteiger partial charge in [-0.3, -0.25) is 0 Å². The molecule has 1 unspecified atom stereocenters. The lowest BCUT2D eigenvalue weighted by Gasteiger charge is -2.20. The molecule has 1 aromatic rings. The first-order valence-electron chi connectivity index (χ1n) is 6.00. The molecule has 0 N–H and O–H groups in total. The third-order valence-electron chi connectivity index (χ3n) is 3.48. The van der Waals surface area contributed by atoms with Crippen LogP contribution >= 0.6 is 0 Å². The summed E-state index contributed by atoms with van der Waals surface area (Å²) in [5.41, 5.74) is 3.16. The predicted octanol–water partition coefficient (Wildman–Crippen LogP) is 3.10. The molecule has 1 aliphatic heterocycles. The maximum absolute atomic E-state index is 9.12. The van der Waals surface area contributed by atoms with Crippen molar-refractivity contribution in [3.8, 4) is 6.07 Å². The van der Waals surface area contributed by atoms with Crippen LogP contribution in [0, 0.1) is 24.2 Å². The molecule has 2 heteroatoms. The van der Waals surface area contributed by atoms with Crippen molar-refractivity contribution in [3.05, 3.63) is 29.3 Å². The summed E-state index contributed by atoms with van der Waals surface area (Å²) in [5, 5.41) is 9.12. The minimum absolute atomic E-state index is 0.798. The summed E-state index contributed by atoms with van der Waals surface area (Å²) in [6.07, 6.45) is 2.50. The molecule has 2 nitrogen and oxygen atoms in total. The Morgan fingerprint density at radius 3 is 2.94 bits per heavy atom.